The van der Waals surface area contributed by atoms with Crippen LogP contribution in [-0.4, -0.2) is 6.29 Å². The van der Waals surface area contributed by atoms with Crippen molar-refractivity contribution in [1.29, 1.82) is 0 Å². The Hall–Kier alpha value is -1.05. The van der Waals surface area contributed by atoms with Gasteiger partial charge >= 0.3 is 0 Å². The molecule has 0 N–H and O–H groups in total. The van der Waals surface area contributed by atoms with Gasteiger partial charge in [-0.1, -0.05) is 0 Å². The summed E-state index contributed by atoms with van der Waals surface area (Å²) in [6, 6.07) is 2.05. The van der Waals surface area contributed by atoms with E-state index < -0.39 is 0 Å². The van der Waals surface area contributed by atoms with Crippen molar-refractivity contribution < 1.29 is 9.21 Å². The lowest BCUT2D eigenvalue weighted by atomic mass is 9.48. The van der Waals surface area contributed by atoms with Gasteiger partial charge in [-0.3, -0.25) is 4.79 Å². The third-order valence-electron chi connectivity index (χ3n) is 5.41. The second-order valence-electron chi connectivity index (χ2n) is 6.51. The molecule has 4 fully saturated rings. The van der Waals surface area contributed by atoms with Crippen LogP contribution in [0.15, 0.2) is 16.7 Å². The standard InChI is InChI=1S/C15H18O2/c16-9-14-13(1-2-17-14)15-6-10-3-11(7-15)5-12(4-10)8-15/h1-2,9-12H,3-8H2. The number of carbonyl (C=O) groups is 1. The molecule has 0 spiro atoms. The third kappa shape index (κ3) is 1.30. The van der Waals surface area contributed by atoms with Gasteiger partial charge in [0.15, 0.2) is 12.0 Å². The van der Waals surface area contributed by atoms with Gasteiger partial charge in [0.2, 0.25) is 0 Å². The van der Waals surface area contributed by atoms with E-state index in [2.05, 4.69) is 6.07 Å². The van der Waals surface area contributed by atoms with E-state index in [0.29, 0.717) is 5.76 Å². The molecule has 4 bridgehead atoms. The van der Waals surface area contributed by atoms with Crippen molar-refractivity contribution in [3.05, 3.63) is 23.7 Å². The number of hydrogen-bond acceptors (Lipinski definition) is 2. The summed E-state index contributed by atoms with van der Waals surface area (Å²) in [4.78, 5) is 11.1. The van der Waals surface area contributed by atoms with Gasteiger partial charge in [-0.2, -0.15) is 0 Å². The first-order chi connectivity index (χ1) is 8.29. The van der Waals surface area contributed by atoms with Crippen LogP contribution in [0.4, 0.5) is 0 Å². The molecule has 0 amide bonds. The van der Waals surface area contributed by atoms with Crippen LogP contribution >= 0.6 is 0 Å². The molecule has 1 aromatic rings. The van der Waals surface area contributed by atoms with Gasteiger partial charge in [0.05, 0.1) is 6.26 Å². The molecule has 0 unspecified atom stereocenters. The minimum atomic E-state index is 0.290. The van der Waals surface area contributed by atoms with E-state index in [0.717, 1.165) is 24.0 Å². The molecule has 4 saturated carbocycles. The molecule has 4 aliphatic rings. The van der Waals surface area contributed by atoms with Crippen LogP contribution in [0.1, 0.15) is 54.6 Å². The largest absolute Gasteiger partial charge is 0.461 e. The first-order valence-corrected chi connectivity index (χ1v) is 6.82. The zero-order valence-electron chi connectivity index (χ0n) is 10.0. The average Bonchev–Trinajstić information content (AvgIpc) is 2.75. The van der Waals surface area contributed by atoms with Gasteiger partial charge in [-0.15, -0.1) is 0 Å². The highest BCUT2D eigenvalue weighted by atomic mass is 16.3. The summed E-state index contributed by atoms with van der Waals surface area (Å²) in [6.45, 7) is 0. The molecule has 17 heavy (non-hydrogen) atoms. The van der Waals surface area contributed by atoms with Crippen molar-refractivity contribution in [3.8, 4) is 0 Å². The molecule has 0 saturated heterocycles. The maximum absolute atomic E-state index is 11.1. The van der Waals surface area contributed by atoms with E-state index >= 15 is 0 Å². The van der Waals surface area contributed by atoms with Gasteiger partial charge in [-0.05, 0) is 62.3 Å². The van der Waals surface area contributed by atoms with Crippen LogP contribution in [0.5, 0.6) is 0 Å². The van der Waals surface area contributed by atoms with Crippen LogP contribution in [0, 0.1) is 17.8 Å². The number of rotatable bonds is 2. The molecular weight excluding hydrogens is 212 g/mol. The van der Waals surface area contributed by atoms with Crippen molar-refractivity contribution in [2.24, 2.45) is 17.8 Å². The third-order valence-corrected chi connectivity index (χ3v) is 5.41. The number of hydrogen-bond donors (Lipinski definition) is 0. The highest BCUT2D eigenvalue weighted by Crippen LogP contribution is 2.61. The Kier molecular flexibility index (Phi) is 1.89. The average molecular weight is 230 g/mol. The fraction of sp³-hybridized carbons (Fsp3) is 0.667. The maximum atomic E-state index is 11.1. The Bertz CT molecular complexity index is 422. The van der Waals surface area contributed by atoms with Crippen molar-refractivity contribution in [2.75, 3.05) is 0 Å². The second-order valence-corrected chi connectivity index (χ2v) is 6.51. The Balaban J connectivity index is 1.79. The lowest BCUT2D eigenvalue weighted by Gasteiger charge is -2.56. The van der Waals surface area contributed by atoms with Crippen LogP contribution in [0.25, 0.3) is 0 Å². The smallest absolute Gasteiger partial charge is 0.185 e. The lowest BCUT2D eigenvalue weighted by molar-refractivity contribution is -0.00574. The number of carbonyl (C=O) groups excluding carboxylic acids is 1. The van der Waals surface area contributed by atoms with E-state index in [1.807, 2.05) is 0 Å². The Morgan fingerprint density at radius 3 is 2.24 bits per heavy atom. The molecule has 0 atom stereocenters. The van der Waals surface area contributed by atoms with Crippen LogP contribution in [0.2, 0.25) is 0 Å². The summed E-state index contributed by atoms with van der Waals surface area (Å²) in [5.74, 6) is 3.33. The summed E-state index contributed by atoms with van der Waals surface area (Å²) in [7, 11) is 0. The molecule has 90 valence electrons. The lowest BCUT2D eigenvalue weighted by Crippen LogP contribution is -2.48. The monoisotopic (exact) mass is 230 g/mol. The van der Waals surface area contributed by atoms with Crippen LogP contribution in [-0.2, 0) is 5.41 Å². The van der Waals surface area contributed by atoms with Gasteiger partial charge in [-0.25, -0.2) is 0 Å². The van der Waals surface area contributed by atoms with E-state index in [-0.39, 0.29) is 5.41 Å². The van der Waals surface area contributed by atoms with E-state index in [4.69, 9.17) is 4.42 Å². The molecule has 1 aromatic heterocycles. The first-order valence-electron chi connectivity index (χ1n) is 6.82. The van der Waals surface area contributed by atoms with Gasteiger partial charge in [0, 0.05) is 11.0 Å². The highest BCUT2D eigenvalue weighted by Gasteiger charge is 2.52. The zero-order valence-corrected chi connectivity index (χ0v) is 10.0. The molecule has 2 heteroatoms. The Morgan fingerprint density at radius 1 is 1.12 bits per heavy atom. The topological polar surface area (TPSA) is 30.2 Å². The van der Waals surface area contributed by atoms with Crippen molar-refractivity contribution >= 4 is 6.29 Å². The Labute approximate surface area is 101 Å². The van der Waals surface area contributed by atoms with Crippen molar-refractivity contribution in [2.45, 2.75) is 43.9 Å². The number of furan rings is 1. The molecule has 2 nitrogen and oxygen atoms in total. The molecular formula is C15H18O2. The fourth-order valence-corrected chi connectivity index (χ4v) is 5.29. The van der Waals surface area contributed by atoms with E-state index in [1.165, 1.54) is 44.1 Å². The predicted molar refractivity (Wildman–Crippen MR) is 63.9 cm³/mol. The fourth-order valence-electron chi connectivity index (χ4n) is 5.29. The van der Waals surface area contributed by atoms with Gasteiger partial charge in [0.1, 0.15) is 0 Å². The van der Waals surface area contributed by atoms with Gasteiger partial charge in [0.25, 0.3) is 0 Å². The minimum absolute atomic E-state index is 0.290. The van der Waals surface area contributed by atoms with E-state index in [9.17, 15) is 4.79 Å². The van der Waals surface area contributed by atoms with Crippen LogP contribution in [0.3, 0.4) is 0 Å². The molecule has 0 aromatic carbocycles. The summed E-state index contributed by atoms with van der Waals surface area (Å²) in [5.41, 5.74) is 1.50. The summed E-state index contributed by atoms with van der Waals surface area (Å²) >= 11 is 0. The summed E-state index contributed by atoms with van der Waals surface area (Å²) in [6.07, 6.45) is 10.8. The molecule has 5 rings (SSSR count). The van der Waals surface area contributed by atoms with E-state index in [1.54, 1.807) is 6.26 Å². The molecule has 1 heterocycles. The predicted octanol–water partition coefficient (Wildman–Crippen LogP) is 3.56. The zero-order chi connectivity index (χ0) is 11.5. The summed E-state index contributed by atoms with van der Waals surface area (Å²) in [5, 5.41) is 0. The number of aldehydes is 1. The molecule has 4 aliphatic carbocycles. The SMILES string of the molecule is O=Cc1occc1C12CC3CC(CC(C3)C1)C2. The van der Waals surface area contributed by atoms with Crippen LogP contribution < -0.4 is 0 Å². The highest BCUT2D eigenvalue weighted by molar-refractivity contribution is 5.74. The summed E-state index contributed by atoms with van der Waals surface area (Å²) < 4.78 is 5.34. The molecule has 0 aliphatic heterocycles. The first kappa shape index (κ1) is 9.93. The van der Waals surface area contributed by atoms with Crippen molar-refractivity contribution in [1.82, 2.24) is 0 Å². The minimum Gasteiger partial charge on any atom is -0.461 e. The van der Waals surface area contributed by atoms with Crippen molar-refractivity contribution in [3.63, 3.8) is 0 Å². The normalized spacial score (nSPS) is 42.9. The maximum Gasteiger partial charge on any atom is 0.185 e. The Morgan fingerprint density at radius 2 is 1.71 bits per heavy atom. The van der Waals surface area contributed by atoms with Gasteiger partial charge < -0.3 is 4.42 Å². The quantitative estimate of drug-likeness (QED) is 0.727. The molecule has 0 radical (unpaired) electrons. The second kappa shape index (κ2) is 3.24.